The van der Waals surface area contributed by atoms with Crippen LogP contribution in [0.15, 0.2) is 0 Å². The minimum atomic E-state index is 0.208. The summed E-state index contributed by atoms with van der Waals surface area (Å²) < 4.78 is 5.37. The fourth-order valence-electron chi connectivity index (χ4n) is 1.57. The summed E-state index contributed by atoms with van der Waals surface area (Å²) in [5.74, 6) is 0.713. The van der Waals surface area contributed by atoms with Crippen molar-refractivity contribution in [1.29, 1.82) is 0 Å². The predicted octanol–water partition coefficient (Wildman–Crippen LogP) is 2.57. The minimum Gasteiger partial charge on any atom is -0.380 e. The van der Waals surface area contributed by atoms with E-state index in [1.165, 1.54) is 6.42 Å². The fourth-order valence-corrected chi connectivity index (χ4v) is 1.57. The molecule has 0 aromatic rings. The highest BCUT2D eigenvalue weighted by molar-refractivity contribution is 4.74. The molecular weight excluding hydrogens is 162 g/mol. The molecule has 0 spiro atoms. The smallest absolute Gasteiger partial charge is 0.0722 e. The lowest BCUT2D eigenvalue weighted by Gasteiger charge is -2.24. The molecule has 0 heterocycles. The van der Waals surface area contributed by atoms with E-state index >= 15 is 0 Å². The van der Waals surface area contributed by atoms with Gasteiger partial charge in [-0.25, -0.2) is 0 Å². The molecule has 0 saturated heterocycles. The SMILES string of the molecule is CCCC(OC)C(N)CC(C)CC. The first kappa shape index (κ1) is 12.9. The molecule has 3 unspecified atom stereocenters. The molecule has 0 aromatic heterocycles. The van der Waals surface area contributed by atoms with Crippen molar-refractivity contribution in [1.82, 2.24) is 0 Å². The Kier molecular flexibility index (Phi) is 7.29. The molecule has 0 radical (unpaired) electrons. The van der Waals surface area contributed by atoms with Crippen LogP contribution in [0.4, 0.5) is 0 Å². The van der Waals surface area contributed by atoms with Gasteiger partial charge in [-0.1, -0.05) is 33.6 Å². The Morgan fingerprint density at radius 3 is 2.31 bits per heavy atom. The van der Waals surface area contributed by atoms with Crippen LogP contribution in [-0.2, 0) is 4.74 Å². The average Bonchev–Trinajstić information content (AvgIpc) is 2.13. The zero-order chi connectivity index (χ0) is 10.3. The Hall–Kier alpha value is -0.0800. The number of nitrogens with two attached hydrogens (primary N) is 1. The van der Waals surface area contributed by atoms with E-state index in [0.717, 1.165) is 19.3 Å². The molecule has 2 nitrogen and oxygen atoms in total. The van der Waals surface area contributed by atoms with Crippen molar-refractivity contribution < 1.29 is 4.74 Å². The maximum atomic E-state index is 6.07. The Bertz CT molecular complexity index is 117. The largest absolute Gasteiger partial charge is 0.380 e. The second kappa shape index (κ2) is 7.34. The topological polar surface area (TPSA) is 35.2 Å². The normalized spacial score (nSPS) is 18.2. The molecule has 0 amide bonds. The predicted molar refractivity (Wildman–Crippen MR) is 57.8 cm³/mol. The first-order valence-corrected chi connectivity index (χ1v) is 5.44. The third-order valence-corrected chi connectivity index (χ3v) is 2.72. The second-order valence-electron chi connectivity index (χ2n) is 3.98. The van der Waals surface area contributed by atoms with Crippen LogP contribution in [0.25, 0.3) is 0 Å². The number of ether oxygens (including phenoxy) is 1. The summed E-state index contributed by atoms with van der Waals surface area (Å²) in [6.45, 7) is 6.62. The molecule has 0 fully saturated rings. The van der Waals surface area contributed by atoms with Gasteiger partial charge in [0.1, 0.15) is 0 Å². The zero-order valence-corrected chi connectivity index (χ0v) is 9.55. The summed E-state index contributed by atoms with van der Waals surface area (Å²) in [4.78, 5) is 0. The van der Waals surface area contributed by atoms with Gasteiger partial charge in [-0.15, -0.1) is 0 Å². The molecule has 0 saturated carbocycles. The van der Waals surface area contributed by atoms with Crippen LogP contribution < -0.4 is 5.73 Å². The number of methoxy groups -OCH3 is 1. The maximum Gasteiger partial charge on any atom is 0.0722 e. The molecule has 0 aliphatic rings. The third kappa shape index (κ3) is 5.27. The molecule has 80 valence electrons. The first-order chi connectivity index (χ1) is 6.15. The number of hydrogen-bond donors (Lipinski definition) is 1. The summed E-state index contributed by atoms with van der Waals surface area (Å²) >= 11 is 0. The van der Waals surface area contributed by atoms with Gasteiger partial charge in [-0.2, -0.15) is 0 Å². The van der Waals surface area contributed by atoms with Crippen molar-refractivity contribution in [3.63, 3.8) is 0 Å². The highest BCUT2D eigenvalue weighted by Gasteiger charge is 2.17. The van der Waals surface area contributed by atoms with Crippen molar-refractivity contribution in [3.05, 3.63) is 0 Å². The molecule has 0 aliphatic carbocycles. The van der Waals surface area contributed by atoms with Gasteiger partial charge in [-0.3, -0.25) is 0 Å². The monoisotopic (exact) mass is 187 g/mol. The quantitative estimate of drug-likeness (QED) is 0.665. The van der Waals surface area contributed by atoms with E-state index in [1.54, 1.807) is 7.11 Å². The van der Waals surface area contributed by atoms with Gasteiger partial charge in [-0.05, 0) is 18.8 Å². The lowest BCUT2D eigenvalue weighted by Crippen LogP contribution is -2.37. The third-order valence-electron chi connectivity index (χ3n) is 2.72. The molecule has 0 aromatic carbocycles. The highest BCUT2D eigenvalue weighted by Crippen LogP contribution is 2.14. The van der Waals surface area contributed by atoms with Gasteiger partial charge in [0.2, 0.25) is 0 Å². The second-order valence-corrected chi connectivity index (χ2v) is 3.98. The molecule has 13 heavy (non-hydrogen) atoms. The molecule has 3 atom stereocenters. The van der Waals surface area contributed by atoms with E-state index in [1.807, 2.05) is 0 Å². The van der Waals surface area contributed by atoms with Crippen molar-refractivity contribution in [2.24, 2.45) is 11.7 Å². The van der Waals surface area contributed by atoms with Crippen LogP contribution in [0, 0.1) is 5.92 Å². The van der Waals surface area contributed by atoms with Crippen LogP contribution >= 0.6 is 0 Å². The molecular formula is C11H25NO. The van der Waals surface area contributed by atoms with Gasteiger partial charge in [0.15, 0.2) is 0 Å². The maximum absolute atomic E-state index is 6.07. The van der Waals surface area contributed by atoms with Crippen molar-refractivity contribution >= 4 is 0 Å². The minimum absolute atomic E-state index is 0.208. The molecule has 2 heteroatoms. The summed E-state index contributed by atoms with van der Waals surface area (Å²) in [7, 11) is 1.76. The van der Waals surface area contributed by atoms with Gasteiger partial charge in [0.25, 0.3) is 0 Å². The summed E-state index contributed by atoms with van der Waals surface area (Å²) in [5, 5.41) is 0. The Labute approximate surface area is 82.8 Å². The van der Waals surface area contributed by atoms with E-state index in [9.17, 15) is 0 Å². The lowest BCUT2D eigenvalue weighted by atomic mass is 9.94. The summed E-state index contributed by atoms with van der Waals surface area (Å²) in [6.07, 6.45) is 4.76. The van der Waals surface area contributed by atoms with Gasteiger partial charge >= 0.3 is 0 Å². The van der Waals surface area contributed by atoms with Gasteiger partial charge in [0, 0.05) is 13.2 Å². The van der Waals surface area contributed by atoms with Crippen LogP contribution in [0.5, 0.6) is 0 Å². The van der Waals surface area contributed by atoms with Crippen LogP contribution in [-0.4, -0.2) is 19.3 Å². The van der Waals surface area contributed by atoms with E-state index in [-0.39, 0.29) is 12.1 Å². The summed E-state index contributed by atoms with van der Waals surface area (Å²) in [5.41, 5.74) is 6.07. The fraction of sp³-hybridized carbons (Fsp3) is 1.00. The van der Waals surface area contributed by atoms with Crippen molar-refractivity contribution in [3.8, 4) is 0 Å². The molecule has 0 rings (SSSR count). The highest BCUT2D eigenvalue weighted by atomic mass is 16.5. The Morgan fingerprint density at radius 1 is 1.31 bits per heavy atom. The Balaban J connectivity index is 3.82. The summed E-state index contributed by atoms with van der Waals surface area (Å²) in [6, 6.07) is 0.208. The van der Waals surface area contributed by atoms with E-state index in [4.69, 9.17) is 10.5 Å². The number of rotatable bonds is 7. The van der Waals surface area contributed by atoms with Gasteiger partial charge < -0.3 is 10.5 Å². The lowest BCUT2D eigenvalue weighted by molar-refractivity contribution is 0.0657. The van der Waals surface area contributed by atoms with E-state index in [0.29, 0.717) is 5.92 Å². The number of hydrogen-bond acceptors (Lipinski definition) is 2. The van der Waals surface area contributed by atoms with E-state index < -0.39 is 0 Å². The zero-order valence-electron chi connectivity index (χ0n) is 9.55. The van der Waals surface area contributed by atoms with Crippen LogP contribution in [0.3, 0.4) is 0 Å². The molecule has 0 aliphatic heterocycles. The average molecular weight is 187 g/mol. The van der Waals surface area contributed by atoms with Gasteiger partial charge in [0.05, 0.1) is 6.10 Å². The van der Waals surface area contributed by atoms with Crippen LogP contribution in [0.2, 0.25) is 0 Å². The van der Waals surface area contributed by atoms with Crippen molar-refractivity contribution in [2.45, 2.75) is 58.6 Å². The molecule has 0 bridgehead atoms. The van der Waals surface area contributed by atoms with Crippen LogP contribution in [0.1, 0.15) is 46.5 Å². The van der Waals surface area contributed by atoms with Crippen molar-refractivity contribution in [2.75, 3.05) is 7.11 Å². The Morgan fingerprint density at radius 2 is 1.92 bits per heavy atom. The molecule has 2 N–H and O–H groups in total. The first-order valence-electron chi connectivity index (χ1n) is 5.44. The standard InChI is InChI=1S/C11H25NO/c1-5-7-11(13-4)10(12)8-9(3)6-2/h9-11H,5-8,12H2,1-4H3. The van der Waals surface area contributed by atoms with E-state index in [2.05, 4.69) is 20.8 Å².